The van der Waals surface area contributed by atoms with Gasteiger partial charge in [0.15, 0.2) is 5.82 Å². The molecule has 1 aromatic heterocycles. The first kappa shape index (κ1) is 31.6. The van der Waals surface area contributed by atoms with E-state index in [1.165, 1.54) is 4.90 Å². The highest BCUT2D eigenvalue weighted by molar-refractivity contribution is 5.91. The third-order valence-electron chi connectivity index (χ3n) is 5.85. The van der Waals surface area contributed by atoms with Crippen LogP contribution in [0.25, 0.3) is 11.4 Å². The summed E-state index contributed by atoms with van der Waals surface area (Å²) in [7, 11) is 0. The predicted molar refractivity (Wildman–Crippen MR) is 152 cm³/mol. The molecular formula is C29H47N5O4. The topological polar surface area (TPSA) is 89.9 Å². The van der Waals surface area contributed by atoms with Crippen LogP contribution in [0, 0.1) is 0 Å². The lowest BCUT2D eigenvalue weighted by Crippen LogP contribution is -2.36. The first-order chi connectivity index (χ1) is 18.6. The second-order valence-electron chi connectivity index (χ2n) is 9.26. The van der Waals surface area contributed by atoms with Gasteiger partial charge in [0.1, 0.15) is 20.2 Å². The average molecular weight is 530 g/mol. The molecule has 212 valence electrons. The van der Waals surface area contributed by atoms with Gasteiger partial charge in [-0.25, -0.2) is 0 Å². The van der Waals surface area contributed by atoms with Gasteiger partial charge < -0.3 is 14.2 Å². The van der Waals surface area contributed by atoms with Gasteiger partial charge >= 0.3 is 0 Å². The van der Waals surface area contributed by atoms with E-state index in [1.54, 1.807) is 0 Å². The summed E-state index contributed by atoms with van der Waals surface area (Å²) >= 11 is 0. The molecular weight excluding hydrogens is 482 g/mol. The molecule has 38 heavy (non-hydrogen) atoms. The van der Waals surface area contributed by atoms with Gasteiger partial charge in [0.05, 0.1) is 0 Å². The zero-order chi connectivity index (χ0) is 27.4. The van der Waals surface area contributed by atoms with Crippen molar-refractivity contribution in [2.24, 2.45) is 0 Å². The summed E-state index contributed by atoms with van der Waals surface area (Å²) in [5.74, 6) is 1.10. The lowest BCUT2D eigenvalue weighted by atomic mass is 10.2. The Labute approximate surface area is 228 Å². The van der Waals surface area contributed by atoms with E-state index in [1.807, 2.05) is 35.2 Å². The van der Waals surface area contributed by atoms with Gasteiger partial charge in [-0.15, -0.1) is 0 Å². The van der Waals surface area contributed by atoms with E-state index in [4.69, 9.17) is 29.2 Å². The maximum Gasteiger partial charge on any atom is 0.239 e. The molecule has 1 amide bonds. The van der Waals surface area contributed by atoms with Gasteiger partial charge in [-0.2, -0.15) is 15.0 Å². The molecule has 9 heteroatoms. The molecule has 1 heterocycles. The number of aromatic nitrogens is 3. The van der Waals surface area contributed by atoms with E-state index < -0.39 is 0 Å². The number of hydrogen-bond acceptors (Lipinski definition) is 8. The molecule has 1 aromatic carbocycles. The second kappa shape index (κ2) is 19.4. The average Bonchev–Trinajstić information content (AvgIpc) is 2.95. The Balaban J connectivity index is 2.46. The molecule has 0 saturated carbocycles. The number of unbranched alkanes of at least 4 members (excludes halogenated alkanes) is 4. The molecule has 0 aliphatic carbocycles. The van der Waals surface area contributed by atoms with Crippen molar-refractivity contribution in [3.05, 3.63) is 30.3 Å². The van der Waals surface area contributed by atoms with Crippen molar-refractivity contribution >= 4 is 17.8 Å². The molecule has 9 nitrogen and oxygen atoms in total. The molecule has 0 N–H and O–H groups in total. The molecule has 0 aliphatic rings. The molecule has 0 aliphatic heterocycles. The Hall–Kier alpha value is -2.62. The molecule has 0 bridgehead atoms. The number of ether oxygens (including phenoxy) is 3. The maximum atomic E-state index is 13.3. The van der Waals surface area contributed by atoms with E-state index in [-0.39, 0.29) is 32.0 Å². The number of carbonyl (C=O) groups is 1. The summed E-state index contributed by atoms with van der Waals surface area (Å²) in [6.45, 7) is 10.9. The number of benzene rings is 1. The van der Waals surface area contributed by atoms with Crippen LogP contribution in [-0.2, 0) is 19.0 Å². The summed E-state index contributed by atoms with van der Waals surface area (Å²) in [4.78, 5) is 30.9. The number of nitrogens with zero attached hydrogens (tertiary/aromatic N) is 5. The lowest BCUT2D eigenvalue weighted by molar-refractivity contribution is -0.120. The fourth-order valence-electron chi connectivity index (χ4n) is 3.43. The van der Waals surface area contributed by atoms with Gasteiger partial charge in [-0.05, 0) is 25.7 Å². The molecule has 0 saturated heterocycles. The Morgan fingerprint density at radius 3 is 1.76 bits per heavy atom. The van der Waals surface area contributed by atoms with Gasteiger partial charge in [0.2, 0.25) is 17.8 Å². The minimum absolute atomic E-state index is 0.0653. The Morgan fingerprint density at radius 1 is 0.684 bits per heavy atom. The number of rotatable bonds is 21. The van der Waals surface area contributed by atoms with Crippen LogP contribution in [0.1, 0.15) is 85.5 Å². The summed E-state index contributed by atoms with van der Waals surface area (Å²) < 4.78 is 17.7. The molecule has 0 spiro atoms. The minimum Gasteiger partial charge on any atom is -0.361 e. The van der Waals surface area contributed by atoms with E-state index in [0.29, 0.717) is 38.0 Å². The Morgan fingerprint density at radius 2 is 1.21 bits per heavy atom. The molecule has 0 unspecified atom stereocenters. The zero-order valence-electron chi connectivity index (χ0n) is 23.9. The van der Waals surface area contributed by atoms with Crippen LogP contribution < -0.4 is 9.80 Å². The van der Waals surface area contributed by atoms with Crippen molar-refractivity contribution < 1.29 is 19.0 Å². The highest BCUT2D eigenvalue weighted by Gasteiger charge is 2.23. The van der Waals surface area contributed by atoms with Crippen molar-refractivity contribution in [2.75, 3.05) is 49.8 Å². The van der Waals surface area contributed by atoms with Crippen LogP contribution in [0.2, 0.25) is 0 Å². The molecule has 0 atom stereocenters. The van der Waals surface area contributed by atoms with E-state index in [2.05, 4.69) is 27.7 Å². The SMILES string of the molecule is CCCCOCN(COCCCC)c1nc(-c2ccccc2)nc(N(COCCCC)C(=O)CCCC)n1. The maximum absolute atomic E-state index is 13.3. The number of carbonyl (C=O) groups excluding carboxylic acids is 1. The minimum atomic E-state index is -0.0653. The van der Waals surface area contributed by atoms with Gasteiger partial charge in [0, 0.05) is 31.8 Å². The van der Waals surface area contributed by atoms with Crippen LogP contribution in [0.4, 0.5) is 11.9 Å². The van der Waals surface area contributed by atoms with E-state index >= 15 is 0 Å². The summed E-state index contributed by atoms with van der Waals surface area (Å²) in [6, 6.07) is 9.73. The van der Waals surface area contributed by atoms with Crippen LogP contribution in [-0.4, -0.2) is 60.9 Å². The first-order valence-electron chi connectivity index (χ1n) is 14.2. The number of hydrogen-bond donors (Lipinski definition) is 0. The second-order valence-corrected chi connectivity index (χ2v) is 9.26. The number of amides is 1. The van der Waals surface area contributed by atoms with Crippen molar-refractivity contribution in [1.82, 2.24) is 15.0 Å². The van der Waals surface area contributed by atoms with E-state index in [9.17, 15) is 4.79 Å². The van der Waals surface area contributed by atoms with Crippen LogP contribution in [0.5, 0.6) is 0 Å². The predicted octanol–water partition coefficient (Wildman–Crippen LogP) is 6.19. The van der Waals surface area contributed by atoms with Crippen LogP contribution in [0.3, 0.4) is 0 Å². The van der Waals surface area contributed by atoms with Crippen molar-refractivity contribution in [1.29, 1.82) is 0 Å². The van der Waals surface area contributed by atoms with Gasteiger partial charge in [0.25, 0.3) is 0 Å². The number of anilines is 2. The van der Waals surface area contributed by atoms with Crippen molar-refractivity contribution in [2.45, 2.75) is 85.5 Å². The van der Waals surface area contributed by atoms with E-state index in [0.717, 1.165) is 56.9 Å². The quantitative estimate of drug-likeness (QED) is 0.140. The molecule has 2 aromatic rings. The molecule has 0 fully saturated rings. The fourth-order valence-corrected chi connectivity index (χ4v) is 3.43. The van der Waals surface area contributed by atoms with Crippen LogP contribution >= 0.6 is 0 Å². The lowest BCUT2D eigenvalue weighted by Gasteiger charge is -2.25. The third kappa shape index (κ3) is 11.4. The highest BCUT2D eigenvalue weighted by atomic mass is 16.5. The van der Waals surface area contributed by atoms with Crippen molar-refractivity contribution in [3.8, 4) is 11.4 Å². The normalized spacial score (nSPS) is 11.1. The van der Waals surface area contributed by atoms with Gasteiger partial charge in [-0.1, -0.05) is 83.7 Å². The smallest absolute Gasteiger partial charge is 0.239 e. The first-order valence-corrected chi connectivity index (χ1v) is 14.2. The molecule has 0 radical (unpaired) electrons. The summed E-state index contributed by atoms with van der Waals surface area (Å²) in [5.41, 5.74) is 0.837. The third-order valence-corrected chi connectivity index (χ3v) is 5.85. The summed E-state index contributed by atoms with van der Waals surface area (Å²) in [5, 5.41) is 0. The Bertz CT molecular complexity index is 888. The Kier molecular flexibility index (Phi) is 16.2. The fraction of sp³-hybridized carbons (Fsp3) is 0.655. The zero-order valence-corrected chi connectivity index (χ0v) is 23.9. The van der Waals surface area contributed by atoms with Gasteiger partial charge in [-0.3, -0.25) is 14.6 Å². The molecule has 2 rings (SSSR count). The standard InChI is InChI=1S/C29H47N5O4/c1-5-9-18-26(35)34(24-38-21-12-8-4)29-31-27(25-16-14-13-15-17-25)30-28(32-29)33(22-36-19-10-6-2)23-37-20-11-7-3/h13-17H,5-12,18-24H2,1-4H3. The largest absolute Gasteiger partial charge is 0.361 e. The van der Waals surface area contributed by atoms with Crippen molar-refractivity contribution in [3.63, 3.8) is 0 Å². The summed E-state index contributed by atoms with van der Waals surface area (Å²) in [6.07, 6.45) is 8.09. The monoisotopic (exact) mass is 529 g/mol. The van der Waals surface area contributed by atoms with Crippen LogP contribution in [0.15, 0.2) is 30.3 Å². The highest BCUT2D eigenvalue weighted by Crippen LogP contribution is 2.22.